The van der Waals surface area contributed by atoms with E-state index in [0.717, 1.165) is 5.56 Å². The van der Waals surface area contributed by atoms with E-state index < -0.39 is 5.97 Å². The van der Waals surface area contributed by atoms with Crippen molar-refractivity contribution >= 4 is 17.9 Å². The van der Waals surface area contributed by atoms with Gasteiger partial charge in [-0.25, -0.2) is 9.18 Å². The zero-order valence-electron chi connectivity index (χ0n) is 14.3. The van der Waals surface area contributed by atoms with Crippen molar-refractivity contribution in [1.29, 1.82) is 0 Å². The van der Waals surface area contributed by atoms with Gasteiger partial charge in [0, 0.05) is 5.56 Å². The summed E-state index contributed by atoms with van der Waals surface area (Å²) in [4.78, 5) is 10.8. The van der Waals surface area contributed by atoms with Gasteiger partial charge in [0.25, 0.3) is 0 Å². The first kappa shape index (κ1) is 18.1. The van der Waals surface area contributed by atoms with Gasteiger partial charge in [0.05, 0.1) is 17.5 Å². The van der Waals surface area contributed by atoms with Crippen molar-refractivity contribution < 1.29 is 19.0 Å². The predicted molar refractivity (Wildman–Crippen MR) is 102 cm³/mol. The molecule has 0 bridgehead atoms. The van der Waals surface area contributed by atoms with Gasteiger partial charge in [-0.15, -0.1) is 0 Å². The van der Waals surface area contributed by atoms with Crippen LogP contribution in [0.25, 0.3) is 0 Å². The highest BCUT2D eigenvalue weighted by Crippen LogP contribution is 2.15. The minimum Gasteiger partial charge on any atom is -0.489 e. The number of anilines is 1. The number of nitrogens with one attached hydrogen (secondary N) is 1. The third-order valence-electron chi connectivity index (χ3n) is 3.77. The summed E-state index contributed by atoms with van der Waals surface area (Å²) in [5, 5.41) is 13.0. The zero-order chi connectivity index (χ0) is 19.1. The fourth-order valence-corrected chi connectivity index (χ4v) is 2.30. The van der Waals surface area contributed by atoms with E-state index in [1.165, 1.54) is 18.2 Å². The minimum atomic E-state index is -0.970. The summed E-state index contributed by atoms with van der Waals surface area (Å²) >= 11 is 0. The Bertz CT molecular complexity index is 938. The van der Waals surface area contributed by atoms with E-state index in [9.17, 15) is 9.18 Å². The molecule has 0 fully saturated rings. The first-order valence-corrected chi connectivity index (χ1v) is 8.20. The quantitative estimate of drug-likeness (QED) is 0.477. The van der Waals surface area contributed by atoms with E-state index in [1.807, 2.05) is 12.1 Å². The first-order valence-electron chi connectivity index (χ1n) is 8.20. The second-order valence-electron chi connectivity index (χ2n) is 5.70. The molecular formula is C21H17FN2O3. The molecule has 0 heterocycles. The van der Waals surface area contributed by atoms with E-state index in [0.29, 0.717) is 17.0 Å². The molecule has 136 valence electrons. The van der Waals surface area contributed by atoms with Crippen LogP contribution in [-0.2, 0) is 6.61 Å². The molecule has 0 spiro atoms. The number of aromatic carboxylic acids is 1. The Morgan fingerprint density at radius 3 is 2.41 bits per heavy atom. The Morgan fingerprint density at radius 2 is 1.74 bits per heavy atom. The molecule has 0 aliphatic carbocycles. The smallest absolute Gasteiger partial charge is 0.335 e. The summed E-state index contributed by atoms with van der Waals surface area (Å²) in [6.45, 7) is 0.161. The van der Waals surface area contributed by atoms with Crippen LogP contribution in [-0.4, -0.2) is 17.3 Å². The second kappa shape index (κ2) is 8.62. The molecule has 0 unspecified atom stereocenters. The van der Waals surface area contributed by atoms with Crippen molar-refractivity contribution in [3.63, 3.8) is 0 Å². The van der Waals surface area contributed by atoms with Crippen molar-refractivity contribution in [1.82, 2.24) is 0 Å². The number of rotatable bonds is 7. The van der Waals surface area contributed by atoms with Gasteiger partial charge in [0.15, 0.2) is 0 Å². The molecule has 0 aromatic heterocycles. The number of halogens is 1. The molecule has 3 aromatic rings. The molecule has 0 aliphatic rings. The van der Waals surface area contributed by atoms with Gasteiger partial charge >= 0.3 is 5.97 Å². The number of carboxylic acids is 1. The normalized spacial score (nSPS) is 10.7. The molecule has 0 amide bonds. The van der Waals surface area contributed by atoms with Crippen molar-refractivity contribution in [2.24, 2.45) is 5.10 Å². The van der Waals surface area contributed by atoms with Crippen LogP contribution in [0.3, 0.4) is 0 Å². The van der Waals surface area contributed by atoms with Gasteiger partial charge in [-0.1, -0.05) is 18.2 Å². The Balaban J connectivity index is 1.53. The summed E-state index contributed by atoms with van der Waals surface area (Å²) in [5.41, 5.74) is 5.08. The summed E-state index contributed by atoms with van der Waals surface area (Å²) in [6.07, 6.45) is 1.63. The maximum Gasteiger partial charge on any atom is 0.335 e. The first-order chi connectivity index (χ1) is 13.1. The van der Waals surface area contributed by atoms with Gasteiger partial charge in [-0.05, 0) is 60.2 Å². The fourth-order valence-electron chi connectivity index (χ4n) is 2.30. The molecule has 0 saturated heterocycles. The zero-order valence-corrected chi connectivity index (χ0v) is 14.3. The van der Waals surface area contributed by atoms with Gasteiger partial charge in [0.2, 0.25) is 0 Å². The van der Waals surface area contributed by atoms with Gasteiger partial charge in [-0.3, -0.25) is 5.43 Å². The third-order valence-corrected chi connectivity index (χ3v) is 3.77. The molecule has 6 heteroatoms. The van der Waals surface area contributed by atoms with Crippen LogP contribution in [0.1, 0.15) is 21.5 Å². The molecular weight excluding hydrogens is 347 g/mol. The average molecular weight is 364 g/mol. The van der Waals surface area contributed by atoms with Crippen LogP contribution < -0.4 is 10.2 Å². The van der Waals surface area contributed by atoms with Gasteiger partial charge in [-0.2, -0.15) is 5.10 Å². The maximum atomic E-state index is 13.6. The third kappa shape index (κ3) is 5.15. The van der Waals surface area contributed by atoms with Crippen LogP contribution >= 0.6 is 0 Å². The highest BCUT2D eigenvalue weighted by atomic mass is 19.1. The van der Waals surface area contributed by atoms with E-state index in [-0.39, 0.29) is 18.0 Å². The lowest BCUT2D eigenvalue weighted by atomic mass is 10.2. The Hall–Kier alpha value is -3.67. The number of benzene rings is 3. The van der Waals surface area contributed by atoms with Crippen molar-refractivity contribution in [3.05, 3.63) is 95.3 Å². The fraction of sp³-hybridized carbons (Fsp3) is 0.0476. The van der Waals surface area contributed by atoms with E-state index in [2.05, 4.69) is 10.5 Å². The van der Waals surface area contributed by atoms with Crippen LogP contribution in [0, 0.1) is 5.82 Å². The lowest BCUT2D eigenvalue weighted by molar-refractivity contribution is 0.0697. The number of ether oxygens (including phenoxy) is 1. The largest absolute Gasteiger partial charge is 0.489 e. The highest BCUT2D eigenvalue weighted by Gasteiger charge is 2.02. The number of carboxylic acid groups (broad SMARTS) is 1. The van der Waals surface area contributed by atoms with Crippen molar-refractivity contribution in [2.75, 3.05) is 5.43 Å². The molecule has 0 radical (unpaired) electrons. The van der Waals surface area contributed by atoms with Crippen LogP contribution in [0.5, 0.6) is 5.75 Å². The van der Waals surface area contributed by atoms with Gasteiger partial charge in [0.1, 0.15) is 18.2 Å². The molecule has 0 atom stereocenters. The van der Waals surface area contributed by atoms with Crippen molar-refractivity contribution in [2.45, 2.75) is 6.61 Å². The SMILES string of the molecule is O=C(O)c1ccc(N/N=C/c2ccc(OCc3ccccc3F)cc2)cc1. The van der Waals surface area contributed by atoms with Crippen LogP contribution in [0.4, 0.5) is 10.1 Å². The van der Waals surface area contributed by atoms with E-state index >= 15 is 0 Å². The topological polar surface area (TPSA) is 70.9 Å². The summed E-state index contributed by atoms with van der Waals surface area (Å²) in [7, 11) is 0. The summed E-state index contributed by atoms with van der Waals surface area (Å²) in [5.74, 6) is -0.626. The van der Waals surface area contributed by atoms with Crippen LogP contribution in [0.15, 0.2) is 77.9 Å². The number of hydrazone groups is 1. The number of carbonyl (C=O) groups is 1. The lowest BCUT2D eigenvalue weighted by Crippen LogP contribution is -1.98. The molecule has 5 nitrogen and oxygen atoms in total. The predicted octanol–water partition coefficient (Wildman–Crippen LogP) is 4.55. The second-order valence-corrected chi connectivity index (χ2v) is 5.70. The molecule has 3 aromatic carbocycles. The summed E-state index contributed by atoms with van der Waals surface area (Å²) < 4.78 is 19.1. The Kier molecular flexibility index (Phi) is 5.79. The maximum absolute atomic E-state index is 13.6. The van der Waals surface area contributed by atoms with E-state index in [4.69, 9.17) is 9.84 Å². The van der Waals surface area contributed by atoms with Crippen molar-refractivity contribution in [3.8, 4) is 5.75 Å². The minimum absolute atomic E-state index is 0.161. The van der Waals surface area contributed by atoms with Crippen LogP contribution in [0.2, 0.25) is 0 Å². The Morgan fingerprint density at radius 1 is 1.04 bits per heavy atom. The Labute approximate surface area is 155 Å². The van der Waals surface area contributed by atoms with Gasteiger partial charge < -0.3 is 9.84 Å². The number of hydrogen-bond acceptors (Lipinski definition) is 4. The monoisotopic (exact) mass is 364 g/mol. The lowest BCUT2D eigenvalue weighted by Gasteiger charge is -2.07. The molecule has 0 aliphatic heterocycles. The molecule has 27 heavy (non-hydrogen) atoms. The van der Waals surface area contributed by atoms with E-state index in [1.54, 1.807) is 48.7 Å². The number of nitrogens with zero attached hydrogens (tertiary/aromatic N) is 1. The average Bonchev–Trinajstić information content (AvgIpc) is 2.69. The molecule has 3 rings (SSSR count). The highest BCUT2D eigenvalue weighted by molar-refractivity contribution is 5.88. The summed E-state index contributed by atoms with van der Waals surface area (Å²) in [6, 6.07) is 20.0. The number of hydrogen-bond donors (Lipinski definition) is 2. The molecule has 2 N–H and O–H groups in total. The molecule has 0 saturated carbocycles. The standard InChI is InChI=1S/C21H17FN2O3/c22-20-4-2-1-3-17(20)14-27-19-11-5-15(6-12-19)13-23-24-18-9-7-16(8-10-18)21(25)26/h1-13,24H,14H2,(H,25,26)/b23-13+.